The first-order chi connectivity index (χ1) is 9.00. The number of amides is 2. The molecule has 0 aromatic carbocycles. The lowest BCUT2D eigenvalue weighted by Gasteiger charge is -2.32. The van der Waals surface area contributed by atoms with E-state index in [4.69, 9.17) is 0 Å². The van der Waals surface area contributed by atoms with Crippen LogP contribution >= 0.6 is 0 Å². The predicted octanol–water partition coefficient (Wildman–Crippen LogP) is 0.666. The van der Waals surface area contributed by atoms with Gasteiger partial charge in [-0.25, -0.2) is 0 Å². The molecule has 2 N–H and O–H groups in total. The van der Waals surface area contributed by atoms with Crippen molar-refractivity contribution < 1.29 is 14.7 Å². The van der Waals surface area contributed by atoms with Gasteiger partial charge in [0.2, 0.25) is 11.8 Å². The molecule has 0 spiro atoms. The normalized spacial score (nSPS) is 26.2. The number of carbonyl (C=O) groups excluding carboxylic acids is 2. The molecule has 2 rings (SSSR count). The molecule has 2 fully saturated rings. The Labute approximate surface area is 114 Å². The van der Waals surface area contributed by atoms with Gasteiger partial charge in [0.25, 0.3) is 0 Å². The Bertz CT molecular complexity index is 351. The highest BCUT2D eigenvalue weighted by Crippen LogP contribution is 2.27. The molecule has 1 saturated carbocycles. The van der Waals surface area contributed by atoms with Crippen molar-refractivity contribution in [3.05, 3.63) is 0 Å². The minimum absolute atomic E-state index is 0.0252. The highest BCUT2D eigenvalue weighted by atomic mass is 16.3. The van der Waals surface area contributed by atoms with Crippen LogP contribution in [-0.4, -0.2) is 47.1 Å². The van der Waals surface area contributed by atoms with Gasteiger partial charge >= 0.3 is 0 Å². The van der Waals surface area contributed by atoms with Crippen LogP contribution in [0.1, 0.15) is 45.4 Å². The monoisotopic (exact) mass is 268 g/mol. The van der Waals surface area contributed by atoms with Gasteiger partial charge in [0.05, 0.1) is 11.5 Å². The zero-order valence-electron chi connectivity index (χ0n) is 11.7. The quantitative estimate of drug-likeness (QED) is 0.790. The smallest absolute Gasteiger partial charge is 0.225 e. The molecule has 0 aromatic rings. The van der Waals surface area contributed by atoms with E-state index in [9.17, 15) is 14.7 Å². The van der Waals surface area contributed by atoms with Crippen LogP contribution in [0.3, 0.4) is 0 Å². The molecule has 0 aromatic heterocycles. The van der Waals surface area contributed by atoms with E-state index >= 15 is 0 Å². The number of nitrogens with zero attached hydrogens (tertiary/aromatic N) is 1. The average Bonchev–Trinajstić information content (AvgIpc) is 2.87. The van der Waals surface area contributed by atoms with Crippen LogP contribution in [0, 0.1) is 5.92 Å². The van der Waals surface area contributed by atoms with E-state index in [1.165, 1.54) is 13.3 Å². The second-order valence-electron chi connectivity index (χ2n) is 5.95. The van der Waals surface area contributed by atoms with Gasteiger partial charge < -0.3 is 15.3 Å². The number of carbonyl (C=O) groups is 2. The van der Waals surface area contributed by atoms with Gasteiger partial charge in [0.15, 0.2) is 0 Å². The number of aliphatic hydroxyl groups is 1. The largest absolute Gasteiger partial charge is 0.388 e. The van der Waals surface area contributed by atoms with Crippen LogP contribution < -0.4 is 5.32 Å². The first-order valence-electron chi connectivity index (χ1n) is 7.26. The summed E-state index contributed by atoms with van der Waals surface area (Å²) in [7, 11) is 0. The fourth-order valence-electron chi connectivity index (χ4n) is 3.04. The Morgan fingerprint density at radius 2 is 2.00 bits per heavy atom. The molecule has 1 aliphatic carbocycles. The average molecular weight is 268 g/mol. The summed E-state index contributed by atoms with van der Waals surface area (Å²) >= 11 is 0. The van der Waals surface area contributed by atoms with E-state index in [1.54, 1.807) is 4.90 Å². The van der Waals surface area contributed by atoms with Crippen LogP contribution in [-0.2, 0) is 9.59 Å². The molecular formula is C14H24N2O3. The molecule has 0 bridgehead atoms. The highest BCUT2D eigenvalue weighted by Gasteiger charge is 2.33. The molecule has 1 saturated heterocycles. The summed E-state index contributed by atoms with van der Waals surface area (Å²) in [6.07, 6.45) is 5.52. The summed E-state index contributed by atoms with van der Waals surface area (Å²) in [6.45, 7) is 3.06. The van der Waals surface area contributed by atoms with Crippen molar-refractivity contribution in [1.82, 2.24) is 10.2 Å². The molecule has 2 aliphatic rings. The van der Waals surface area contributed by atoms with Gasteiger partial charge in [-0.3, -0.25) is 9.59 Å². The van der Waals surface area contributed by atoms with Crippen LogP contribution in [0.25, 0.3) is 0 Å². The van der Waals surface area contributed by atoms with Crippen LogP contribution in [0.15, 0.2) is 0 Å². The number of hydrogen-bond donors (Lipinski definition) is 2. The molecule has 108 valence electrons. The number of hydrogen-bond acceptors (Lipinski definition) is 3. The van der Waals surface area contributed by atoms with Crippen molar-refractivity contribution in [2.75, 3.05) is 19.6 Å². The van der Waals surface area contributed by atoms with Gasteiger partial charge in [0, 0.05) is 26.6 Å². The van der Waals surface area contributed by atoms with Crippen molar-refractivity contribution in [2.24, 2.45) is 5.92 Å². The number of rotatable bonds is 3. The van der Waals surface area contributed by atoms with Crippen molar-refractivity contribution >= 4 is 11.8 Å². The van der Waals surface area contributed by atoms with Crippen molar-refractivity contribution in [2.45, 2.75) is 51.0 Å². The molecule has 19 heavy (non-hydrogen) atoms. The third-order valence-corrected chi connectivity index (χ3v) is 4.38. The lowest BCUT2D eigenvalue weighted by atomic mass is 9.85. The first-order valence-corrected chi connectivity index (χ1v) is 7.26. The fraction of sp³-hybridized carbons (Fsp3) is 0.857. The summed E-state index contributed by atoms with van der Waals surface area (Å²) in [4.78, 5) is 25.0. The highest BCUT2D eigenvalue weighted by molar-refractivity contribution is 5.81. The van der Waals surface area contributed by atoms with E-state index in [2.05, 4.69) is 5.32 Å². The Hall–Kier alpha value is -1.10. The van der Waals surface area contributed by atoms with E-state index < -0.39 is 5.60 Å². The lowest BCUT2D eigenvalue weighted by molar-refractivity contribution is -0.129. The first kappa shape index (κ1) is 14.3. The molecule has 2 amide bonds. The fourth-order valence-corrected chi connectivity index (χ4v) is 3.04. The molecular weight excluding hydrogens is 244 g/mol. The standard InChI is InChI=1S/C14H24N2O3/c1-11(17)16-8-5-12(9-16)13(18)15-10-14(19)6-3-2-4-7-14/h12,19H,2-10H2,1H3,(H,15,18). The molecule has 5 nitrogen and oxygen atoms in total. The summed E-state index contributed by atoms with van der Waals surface area (Å²) in [6, 6.07) is 0. The minimum atomic E-state index is -0.715. The van der Waals surface area contributed by atoms with Gasteiger partial charge in [-0.2, -0.15) is 0 Å². The van der Waals surface area contributed by atoms with Crippen molar-refractivity contribution in [3.8, 4) is 0 Å². The van der Waals surface area contributed by atoms with Crippen LogP contribution in [0.2, 0.25) is 0 Å². The second-order valence-corrected chi connectivity index (χ2v) is 5.95. The van der Waals surface area contributed by atoms with Gasteiger partial charge in [0.1, 0.15) is 0 Å². The minimum Gasteiger partial charge on any atom is -0.388 e. The van der Waals surface area contributed by atoms with Gasteiger partial charge in [-0.05, 0) is 19.3 Å². The maximum Gasteiger partial charge on any atom is 0.225 e. The van der Waals surface area contributed by atoms with E-state index in [1.807, 2.05) is 0 Å². The Morgan fingerprint density at radius 1 is 1.32 bits per heavy atom. The summed E-state index contributed by atoms with van der Waals surface area (Å²) < 4.78 is 0. The van der Waals surface area contributed by atoms with Crippen molar-refractivity contribution in [3.63, 3.8) is 0 Å². The molecule has 1 aliphatic heterocycles. The zero-order chi connectivity index (χ0) is 13.9. The molecule has 0 radical (unpaired) electrons. The summed E-state index contributed by atoms with van der Waals surface area (Å²) in [5.41, 5.74) is -0.715. The maximum absolute atomic E-state index is 12.0. The molecule has 1 heterocycles. The van der Waals surface area contributed by atoms with E-state index in [0.717, 1.165) is 32.1 Å². The third kappa shape index (κ3) is 3.69. The lowest BCUT2D eigenvalue weighted by Crippen LogP contribution is -2.46. The van der Waals surface area contributed by atoms with E-state index in [-0.39, 0.29) is 17.7 Å². The number of nitrogens with one attached hydrogen (secondary N) is 1. The van der Waals surface area contributed by atoms with Gasteiger partial charge in [-0.15, -0.1) is 0 Å². The summed E-state index contributed by atoms with van der Waals surface area (Å²) in [5, 5.41) is 13.2. The zero-order valence-corrected chi connectivity index (χ0v) is 11.7. The number of likely N-dealkylation sites (tertiary alicyclic amines) is 1. The molecule has 1 unspecified atom stereocenters. The Morgan fingerprint density at radius 3 is 2.58 bits per heavy atom. The third-order valence-electron chi connectivity index (χ3n) is 4.38. The second kappa shape index (κ2) is 5.90. The van der Waals surface area contributed by atoms with Crippen molar-refractivity contribution in [1.29, 1.82) is 0 Å². The Balaban J connectivity index is 1.77. The van der Waals surface area contributed by atoms with Crippen LogP contribution in [0.5, 0.6) is 0 Å². The molecule has 1 atom stereocenters. The maximum atomic E-state index is 12.0. The van der Waals surface area contributed by atoms with Gasteiger partial charge in [-0.1, -0.05) is 19.3 Å². The topological polar surface area (TPSA) is 69.6 Å². The Kier molecular flexibility index (Phi) is 4.45. The van der Waals surface area contributed by atoms with E-state index in [0.29, 0.717) is 19.6 Å². The van der Waals surface area contributed by atoms with Crippen LogP contribution in [0.4, 0.5) is 0 Å². The molecule has 5 heteroatoms. The SMILES string of the molecule is CC(=O)N1CCC(C(=O)NCC2(O)CCCCC2)C1. The summed E-state index contributed by atoms with van der Waals surface area (Å²) in [5.74, 6) is -0.111. The predicted molar refractivity (Wildman–Crippen MR) is 71.4 cm³/mol.